The first kappa shape index (κ1) is 15.7. The van der Waals surface area contributed by atoms with Gasteiger partial charge in [0.25, 0.3) is 0 Å². The SMILES string of the molecule is CCCCCCCC(C=O)(C(Cl)Cl)[N+](=O)[O-]. The summed E-state index contributed by atoms with van der Waals surface area (Å²) in [5.41, 5.74) is -1.84. The Kier molecular flexibility index (Phi) is 7.68. The van der Waals surface area contributed by atoms with E-state index in [9.17, 15) is 14.9 Å². The van der Waals surface area contributed by atoms with Crippen LogP contribution in [0.4, 0.5) is 0 Å². The summed E-state index contributed by atoms with van der Waals surface area (Å²) in [7, 11) is 0. The Morgan fingerprint density at radius 3 is 2.25 bits per heavy atom. The van der Waals surface area contributed by atoms with Crippen molar-refractivity contribution in [2.45, 2.75) is 55.8 Å². The third-order valence-electron chi connectivity index (χ3n) is 2.60. The fourth-order valence-corrected chi connectivity index (χ4v) is 1.93. The summed E-state index contributed by atoms with van der Waals surface area (Å²) >= 11 is 11.1. The molecule has 16 heavy (non-hydrogen) atoms. The van der Waals surface area contributed by atoms with E-state index in [0.29, 0.717) is 6.42 Å². The van der Waals surface area contributed by atoms with Crippen LogP contribution in [0.25, 0.3) is 0 Å². The molecule has 0 aliphatic heterocycles. The van der Waals surface area contributed by atoms with E-state index in [1.165, 1.54) is 0 Å². The average Bonchev–Trinajstić information content (AvgIpc) is 2.22. The van der Waals surface area contributed by atoms with Crippen LogP contribution in [0.3, 0.4) is 0 Å². The number of hydrogen-bond donors (Lipinski definition) is 0. The van der Waals surface area contributed by atoms with E-state index >= 15 is 0 Å². The van der Waals surface area contributed by atoms with Gasteiger partial charge in [-0.05, 0) is 6.42 Å². The van der Waals surface area contributed by atoms with Crippen molar-refractivity contribution >= 4 is 29.5 Å². The van der Waals surface area contributed by atoms with E-state index in [1.54, 1.807) is 0 Å². The Morgan fingerprint density at radius 1 is 1.31 bits per heavy atom. The highest BCUT2D eigenvalue weighted by molar-refractivity contribution is 6.46. The molecule has 0 aliphatic rings. The molecule has 94 valence electrons. The number of nitro groups is 1. The second-order valence-corrected chi connectivity index (χ2v) is 4.93. The predicted molar refractivity (Wildman–Crippen MR) is 64.7 cm³/mol. The summed E-state index contributed by atoms with van der Waals surface area (Å²) in [6.45, 7) is 2.08. The highest BCUT2D eigenvalue weighted by atomic mass is 35.5. The maximum atomic E-state index is 10.8. The van der Waals surface area contributed by atoms with Crippen LogP contribution in [0.1, 0.15) is 45.4 Å². The molecule has 0 N–H and O–H groups in total. The lowest BCUT2D eigenvalue weighted by molar-refractivity contribution is -0.547. The molecule has 0 rings (SSSR count). The fraction of sp³-hybridized carbons (Fsp3) is 0.900. The van der Waals surface area contributed by atoms with Gasteiger partial charge < -0.3 is 0 Å². The molecule has 6 heteroatoms. The first-order chi connectivity index (χ1) is 7.51. The van der Waals surface area contributed by atoms with Crippen molar-refractivity contribution in [2.24, 2.45) is 0 Å². The van der Waals surface area contributed by atoms with E-state index in [1.807, 2.05) is 0 Å². The number of aldehydes is 1. The van der Waals surface area contributed by atoms with Gasteiger partial charge in [0.15, 0.2) is 11.1 Å². The van der Waals surface area contributed by atoms with Crippen molar-refractivity contribution in [3.8, 4) is 0 Å². The molecule has 1 atom stereocenters. The van der Waals surface area contributed by atoms with Gasteiger partial charge >= 0.3 is 5.54 Å². The number of alkyl halides is 2. The molecule has 0 aromatic heterocycles. The maximum absolute atomic E-state index is 10.8. The minimum atomic E-state index is -1.84. The van der Waals surface area contributed by atoms with Crippen LogP contribution in [-0.4, -0.2) is 21.6 Å². The largest absolute Gasteiger partial charge is 0.305 e. The number of nitrogens with zero attached hydrogens (tertiary/aromatic N) is 1. The van der Waals surface area contributed by atoms with Crippen LogP contribution in [0.2, 0.25) is 0 Å². The van der Waals surface area contributed by atoms with Crippen LogP contribution >= 0.6 is 23.2 Å². The molecule has 4 nitrogen and oxygen atoms in total. The molecule has 0 radical (unpaired) electrons. The monoisotopic (exact) mass is 269 g/mol. The number of rotatable bonds is 9. The van der Waals surface area contributed by atoms with Crippen LogP contribution in [0.5, 0.6) is 0 Å². The zero-order chi connectivity index (χ0) is 12.6. The number of halogens is 2. The molecule has 0 aromatic carbocycles. The zero-order valence-electron chi connectivity index (χ0n) is 9.33. The molecule has 0 bridgehead atoms. The van der Waals surface area contributed by atoms with E-state index in [-0.39, 0.29) is 12.7 Å². The van der Waals surface area contributed by atoms with Crippen LogP contribution in [0.15, 0.2) is 0 Å². The van der Waals surface area contributed by atoms with Gasteiger partial charge in [-0.1, -0.05) is 55.8 Å². The van der Waals surface area contributed by atoms with Gasteiger partial charge in [-0.25, -0.2) is 0 Å². The number of unbranched alkanes of at least 4 members (excludes halogenated alkanes) is 4. The lowest BCUT2D eigenvalue weighted by atomic mass is 9.96. The van der Waals surface area contributed by atoms with Gasteiger partial charge in [-0.15, -0.1) is 0 Å². The Labute approximate surface area is 105 Å². The Balaban J connectivity index is 4.23. The first-order valence-corrected chi connectivity index (χ1v) is 6.27. The Hall–Kier alpha value is -0.350. The smallest absolute Gasteiger partial charge is 0.295 e. The Bertz CT molecular complexity index is 236. The molecule has 0 aliphatic carbocycles. The number of hydrogen-bond acceptors (Lipinski definition) is 3. The second-order valence-electron chi connectivity index (χ2n) is 3.83. The highest BCUT2D eigenvalue weighted by Gasteiger charge is 2.48. The van der Waals surface area contributed by atoms with Crippen molar-refractivity contribution in [1.29, 1.82) is 0 Å². The van der Waals surface area contributed by atoms with E-state index in [0.717, 1.165) is 25.7 Å². The standard InChI is InChI=1S/C10H17Cl2NO3/c1-2-3-4-5-6-7-10(8-14,9(11)12)13(15)16/h8-9H,2-7H2,1H3. The van der Waals surface area contributed by atoms with Crippen molar-refractivity contribution in [3.63, 3.8) is 0 Å². The lowest BCUT2D eigenvalue weighted by Crippen LogP contribution is -2.46. The zero-order valence-corrected chi connectivity index (χ0v) is 10.8. The minimum absolute atomic E-state index is 0.102. The first-order valence-electron chi connectivity index (χ1n) is 5.40. The van der Waals surface area contributed by atoms with E-state index in [2.05, 4.69) is 6.92 Å². The normalized spacial score (nSPS) is 14.8. The molecular weight excluding hydrogens is 253 g/mol. The topological polar surface area (TPSA) is 60.2 Å². The molecule has 0 fully saturated rings. The van der Waals surface area contributed by atoms with Gasteiger partial charge in [0.05, 0.1) is 0 Å². The molecule has 0 heterocycles. The molecule has 1 unspecified atom stereocenters. The Morgan fingerprint density at radius 2 is 1.88 bits per heavy atom. The summed E-state index contributed by atoms with van der Waals surface area (Å²) in [4.78, 5) is 19.7. The number of carbonyl (C=O) groups is 1. The molecule has 0 saturated carbocycles. The van der Waals surface area contributed by atoms with Crippen molar-refractivity contribution in [2.75, 3.05) is 0 Å². The molecule has 0 aromatic rings. The van der Waals surface area contributed by atoms with Gasteiger partial charge in [0.1, 0.15) is 0 Å². The summed E-state index contributed by atoms with van der Waals surface area (Å²) in [6, 6.07) is 0. The summed E-state index contributed by atoms with van der Waals surface area (Å²) in [5.74, 6) is 0. The molecule has 0 amide bonds. The summed E-state index contributed by atoms with van der Waals surface area (Å²) in [6.07, 6.45) is 5.02. The van der Waals surface area contributed by atoms with E-state index in [4.69, 9.17) is 23.2 Å². The van der Waals surface area contributed by atoms with E-state index < -0.39 is 15.3 Å². The van der Waals surface area contributed by atoms with Crippen LogP contribution < -0.4 is 0 Å². The minimum Gasteiger partial charge on any atom is -0.295 e. The summed E-state index contributed by atoms with van der Waals surface area (Å²) in [5, 5.41) is 10.8. The quantitative estimate of drug-likeness (QED) is 0.212. The predicted octanol–water partition coefficient (Wildman–Crippen LogP) is 3.37. The van der Waals surface area contributed by atoms with Crippen molar-refractivity contribution in [3.05, 3.63) is 10.1 Å². The fourth-order valence-electron chi connectivity index (χ4n) is 1.45. The maximum Gasteiger partial charge on any atom is 0.305 e. The van der Waals surface area contributed by atoms with Crippen LogP contribution in [-0.2, 0) is 4.79 Å². The van der Waals surface area contributed by atoms with Crippen molar-refractivity contribution < 1.29 is 9.72 Å². The highest BCUT2D eigenvalue weighted by Crippen LogP contribution is 2.28. The molecular formula is C10H17Cl2NO3. The second kappa shape index (κ2) is 7.85. The van der Waals surface area contributed by atoms with Gasteiger partial charge in [-0.3, -0.25) is 14.9 Å². The molecule has 0 saturated heterocycles. The molecule has 0 spiro atoms. The van der Waals surface area contributed by atoms with Gasteiger partial charge in [-0.2, -0.15) is 0 Å². The third kappa shape index (κ3) is 4.26. The van der Waals surface area contributed by atoms with Gasteiger partial charge in [0.2, 0.25) is 0 Å². The number of carbonyl (C=O) groups excluding carboxylic acids is 1. The van der Waals surface area contributed by atoms with Crippen LogP contribution in [0, 0.1) is 10.1 Å². The van der Waals surface area contributed by atoms with Crippen molar-refractivity contribution in [1.82, 2.24) is 0 Å². The third-order valence-corrected chi connectivity index (χ3v) is 3.36. The summed E-state index contributed by atoms with van der Waals surface area (Å²) < 4.78 is 0. The van der Waals surface area contributed by atoms with Gasteiger partial charge in [0, 0.05) is 11.3 Å². The lowest BCUT2D eigenvalue weighted by Gasteiger charge is -2.20. The average molecular weight is 270 g/mol.